The van der Waals surface area contributed by atoms with Crippen molar-refractivity contribution in [2.24, 2.45) is 0 Å². The molecule has 4 rings (SSSR count). The zero-order valence-electron chi connectivity index (χ0n) is 15.4. The highest BCUT2D eigenvalue weighted by Crippen LogP contribution is 2.30. The molecule has 0 saturated carbocycles. The SMILES string of the molecule is Cc1nn(Cc2ccc(F)cc2)c(Cl)c1CN[C@@H]1CCCc2ccccc21. The second kappa shape index (κ2) is 7.83. The Morgan fingerprint density at radius 3 is 2.78 bits per heavy atom. The van der Waals surface area contributed by atoms with Crippen molar-refractivity contribution in [1.82, 2.24) is 15.1 Å². The zero-order chi connectivity index (χ0) is 18.8. The Morgan fingerprint density at radius 1 is 1.19 bits per heavy atom. The highest BCUT2D eigenvalue weighted by Gasteiger charge is 2.21. The van der Waals surface area contributed by atoms with E-state index >= 15 is 0 Å². The Kier molecular flexibility index (Phi) is 5.28. The average molecular weight is 384 g/mol. The van der Waals surface area contributed by atoms with Crippen molar-refractivity contribution in [3.05, 3.63) is 87.4 Å². The number of halogens is 2. The minimum absolute atomic E-state index is 0.237. The van der Waals surface area contributed by atoms with Gasteiger partial charge in [0.1, 0.15) is 11.0 Å². The van der Waals surface area contributed by atoms with Crippen molar-refractivity contribution in [3.63, 3.8) is 0 Å². The lowest BCUT2D eigenvalue weighted by atomic mass is 9.87. The molecule has 0 radical (unpaired) electrons. The third-order valence-electron chi connectivity index (χ3n) is 5.32. The van der Waals surface area contributed by atoms with Crippen molar-refractivity contribution < 1.29 is 4.39 Å². The van der Waals surface area contributed by atoms with E-state index < -0.39 is 0 Å². The maximum atomic E-state index is 13.1. The van der Waals surface area contributed by atoms with Crippen LogP contribution in [0.3, 0.4) is 0 Å². The van der Waals surface area contributed by atoms with Gasteiger partial charge in [0, 0.05) is 18.2 Å². The van der Waals surface area contributed by atoms with E-state index in [1.54, 1.807) is 16.8 Å². The second-order valence-corrected chi connectivity index (χ2v) is 7.52. The summed E-state index contributed by atoms with van der Waals surface area (Å²) >= 11 is 6.62. The molecule has 0 unspecified atom stereocenters. The average Bonchev–Trinajstić information content (AvgIpc) is 2.95. The van der Waals surface area contributed by atoms with Crippen LogP contribution >= 0.6 is 11.6 Å². The molecule has 140 valence electrons. The van der Waals surface area contributed by atoms with Crippen LogP contribution in [0.5, 0.6) is 0 Å². The van der Waals surface area contributed by atoms with E-state index in [0.717, 1.165) is 29.7 Å². The molecule has 0 saturated heterocycles. The van der Waals surface area contributed by atoms with Crippen LogP contribution in [0.15, 0.2) is 48.5 Å². The summed E-state index contributed by atoms with van der Waals surface area (Å²) in [4.78, 5) is 0. The Labute approximate surface area is 164 Å². The molecule has 2 aromatic carbocycles. The van der Waals surface area contributed by atoms with Crippen molar-refractivity contribution in [3.8, 4) is 0 Å². The topological polar surface area (TPSA) is 29.9 Å². The first-order valence-corrected chi connectivity index (χ1v) is 9.77. The number of nitrogens with one attached hydrogen (secondary N) is 1. The number of hydrogen-bond acceptors (Lipinski definition) is 2. The molecule has 1 N–H and O–H groups in total. The van der Waals surface area contributed by atoms with Gasteiger partial charge in [-0.1, -0.05) is 48.0 Å². The smallest absolute Gasteiger partial charge is 0.132 e. The minimum Gasteiger partial charge on any atom is -0.306 e. The molecule has 0 aliphatic heterocycles. The molecule has 0 bridgehead atoms. The first kappa shape index (κ1) is 18.2. The molecule has 3 nitrogen and oxygen atoms in total. The van der Waals surface area contributed by atoms with Crippen molar-refractivity contribution in [1.29, 1.82) is 0 Å². The summed E-state index contributed by atoms with van der Waals surface area (Å²) in [6, 6.07) is 15.5. The largest absolute Gasteiger partial charge is 0.306 e. The van der Waals surface area contributed by atoms with Crippen LogP contribution in [0.25, 0.3) is 0 Å². The van der Waals surface area contributed by atoms with Gasteiger partial charge in [-0.25, -0.2) is 9.07 Å². The van der Waals surface area contributed by atoms with Crippen LogP contribution in [0.4, 0.5) is 4.39 Å². The van der Waals surface area contributed by atoms with E-state index in [4.69, 9.17) is 11.6 Å². The molecule has 5 heteroatoms. The van der Waals surface area contributed by atoms with Gasteiger partial charge in [0.05, 0.1) is 12.2 Å². The summed E-state index contributed by atoms with van der Waals surface area (Å²) in [7, 11) is 0. The van der Waals surface area contributed by atoms with Gasteiger partial charge >= 0.3 is 0 Å². The molecular weight excluding hydrogens is 361 g/mol. The van der Waals surface area contributed by atoms with Crippen LogP contribution in [0.2, 0.25) is 5.15 Å². The third kappa shape index (κ3) is 3.92. The lowest BCUT2D eigenvalue weighted by Crippen LogP contribution is -2.25. The monoisotopic (exact) mass is 383 g/mol. The summed E-state index contributed by atoms with van der Waals surface area (Å²) in [6.45, 7) is 3.21. The first-order chi connectivity index (χ1) is 13.1. The Hall–Kier alpha value is -2.17. The van der Waals surface area contributed by atoms with Gasteiger partial charge in [-0.3, -0.25) is 0 Å². The number of benzene rings is 2. The molecule has 0 amide bonds. The Morgan fingerprint density at radius 2 is 1.96 bits per heavy atom. The van der Waals surface area contributed by atoms with E-state index in [-0.39, 0.29) is 5.82 Å². The summed E-state index contributed by atoms with van der Waals surface area (Å²) in [5, 5.41) is 8.91. The predicted octanol–water partition coefficient (Wildman–Crippen LogP) is 5.20. The van der Waals surface area contributed by atoms with Gasteiger partial charge < -0.3 is 5.32 Å². The van der Waals surface area contributed by atoms with Gasteiger partial charge in [-0.2, -0.15) is 5.10 Å². The maximum absolute atomic E-state index is 13.1. The van der Waals surface area contributed by atoms with Crippen LogP contribution in [-0.2, 0) is 19.5 Å². The molecule has 3 aromatic rings. The fraction of sp³-hybridized carbons (Fsp3) is 0.318. The van der Waals surface area contributed by atoms with E-state index in [0.29, 0.717) is 24.3 Å². The van der Waals surface area contributed by atoms with E-state index in [9.17, 15) is 4.39 Å². The second-order valence-electron chi connectivity index (χ2n) is 7.16. The fourth-order valence-electron chi connectivity index (χ4n) is 3.85. The summed E-state index contributed by atoms with van der Waals surface area (Å²) in [5.41, 5.74) is 5.77. The number of aryl methyl sites for hydroxylation is 2. The molecule has 1 aliphatic carbocycles. The number of nitrogens with zero attached hydrogens (tertiary/aromatic N) is 2. The molecule has 1 aliphatic rings. The molecule has 27 heavy (non-hydrogen) atoms. The van der Waals surface area contributed by atoms with Crippen LogP contribution < -0.4 is 5.32 Å². The lowest BCUT2D eigenvalue weighted by Gasteiger charge is -2.26. The van der Waals surface area contributed by atoms with Crippen LogP contribution in [0, 0.1) is 12.7 Å². The molecule has 1 aromatic heterocycles. The standard InChI is InChI=1S/C22H23ClFN3/c1-15-20(13-25-21-8-4-6-17-5-2-3-7-19(17)21)22(23)27(26-15)14-16-9-11-18(24)12-10-16/h2-3,5,7,9-12,21,25H,4,6,8,13-14H2,1H3/t21-/m1/s1. The van der Waals surface area contributed by atoms with Crippen molar-refractivity contribution >= 4 is 11.6 Å². The van der Waals surface area contributed by atoms with Gasteiger partial charge in [0.2, 0.25) is 0 Å². The molecule has 0 fully saturated rings. The molecular formula is C22H23ClFN3. The van der Waals surface area contributed by atoms with Gasteiger partial charge in [-0.05, 0) is 55.0 Å². The van der Waals surface area contributed by atoms with E-state index in [1.807, 2.05) is 6.92 Å². The quantitative estimate of drug-likeness (QED) is 0.656. The summed E-state index contributed by atoms with van der Waals surface area (Å²) in [5.74, 6) is -0.237. The Bertz CT molecular complexity index is 933. The first-order valence-electron chi connectivity index (χ1n) is 9.39. The van der Waals surface area contributed by atoms with Crippen LogP contribution in [0.1, 0.15) is 46.8 Å². The van der Waals surface area contributed by atoms with Crippen molar-refractivity contribution in [2.45, 2.75) is 45.3 Å². The van der Waals surface area contributed by atoms with E-state index in [2.05, 4.69) is 34.7 Å². The summed E-state index contributed by atoms with van der Waals surface area (Å²) < 4.78 is 14.9. The van der Waals surface area contributed by atoms with Gasteiger partial charge in [0.15, 0.2) is 0 Å². The molecule has 0 spiro atoms. The third-order valence-corrected chi connectivity index (χ3v) is 5.75. The number of hydrogen-bond donors (Lipinski definition) is 1. The maximum Gasteiger partial charge on any atom is 0.132 e. The lowest BCUT2D eigenvalue weighted by molar-refractivity contribution is 0.458. The molecule has 1 heterocycles. The fourth-order valence-corrected chi connectivity index (χ4v) is 4.15. The number of aromatic nitrogens is 2. The van der Waals surface area contributed by atoms with Gasteiger partial charge in [0.25, 0.3) is 0 Å². The number of rotatable bonds is 5. The minimum atomic E-state index is -0.237. The van der Waals surface area contributed by atoms with Gasteiger partial charge in [-0.15, -0.1) is 0 Å². The highest BCUT2D eigenvalue weighted by molar-refractivity contribution is 6.30. The van der Waals surface area contributed by atoms with Crippen LogP contribution in [-0.4, -0.2) is 9.78 Å². The zero-order valence-corrected chi connectivity index (χ0v) is 16.1. The predicted molar refractivity (Wildman–Crippen MR) is 106 cm³/mol. The highest BCUT2D eigenvalue weighted by atomic mass is 35.5. The van der Waals surface area contributed by atoms with Crippen molar-refractivity contribution in [2.75, 3.05) is 0 Å². The Balaban J connectivity index is 1.49. The normalized spacial score (nSPS) is 16.3. The molecule has 1 atom stereocenters. The number of fused-ring (bicyclic) bond motifs is 1. The van der Waals surface area contributed by atoms with E-state index in [1.165, 1.54) is 29.7 Å². The summed E-state index contributed by atoms with van der Waals surface area (Å²) in [6.07, 6.45) is 3.49.